The number of hydrogen-bond donors (Lipinski definition) is 1. The number of halogens is 6. The summed E-state index contributed by atoms with van der Waals surface area (Å²) in [6, 6.07) is 3.31. The Kier molecular flexibility index (Phi) is 5.74. The van der Waals surface area contributed by atoms with Gasteiger partial charge < -0.3 is 0 Å². The van der Waals surface area contributed by atoms with E-state index in [-0.39, 0.29) is 5.13 Å². The predicted molar refractivity (Wildman–Crippen MR) is 105 cm³/mol. The lowest BCUT2D eigenvalue weighted by molar-refractivity contribution is -0.143. The molecule has 0 spiro atoms. The second-order valence-corrected chi connectivity index (χ2v) is 8.35. The summed E-state index contributed by atoms with van der Waals surface area (Å²) < 4.78 is 80.7. The van der Waals surface area contributed by atoms with E-state index < -0.39 is 40.8 Å². The molecule has 4 rings (SSSR count). The average Bonchev–Trinajstić information content (AvgIpc) is 3.26. The molecular weight excluding hydrogens is 458 g/mol. The van der Waals surface area contributed by atoms with Crippen molar-refractivity contribution in [1.29, 1.82) is 0 Å². The van der Waals surface area contributed by atoms with Gasteiger partial charge in [0.1, 0.15) is 0 Å². The van der Waals surface area contributed by atoms with Crippen LogP contribution in [0.3, 0.4) is 0 Å². The molecule has 1 amide bonds. The van der Waals surface area contributed by atoms with Crippen molar-refractivity contribution in [3.63, 3.8) is 0 Å². The van der Waals surface area contributed by atoms with Gasteiger partial charge in [-0.25, -0.2) is 9.67 Å². The molecule has 2 aromatic heterocycles. The molecule has 0 saturated heterocycles. The Morgan fingerprint density at radius 1 is 1.03 bits per heavy atom. The molecule has 12 heteroatoms. The third-order valence-electron chi connectivity index (χ3n) is 5.02. The van der Waals surface area contributed by atoms with E-state index in [4.69, 9.17) is 0 Å². The Bertz CT molecular complexity index is 1120. The number of aromatic nitrogens is 3. The van der Waals surface area contributed by atoms with Gasteiger partial charge >= 0.3 is 12.4 Å². The third-order valence-corrected chi connectivity index (χ3v) is 6.09. The van der Waals surface area contributed by atoms with E-state index in [9.17, 15) is 31.1 Å². The van der Waals surface area contributed by atoms with Crippen LogP contribution in [-0.4, -0.2) is 20.7 Å². The molecule has 0 saturated carbocycles. The van der Waals surface area contributed by atoms with E-state index in [1.807, 2.05) is 0 Å². The van der Waals surface area contributed by atoms with Gasteiger partial charge in [0, 0.05) is 4.88 Å². The number of hydrogen-bond acceptors (Lipinski definition) is 4. The normalized spacial score (nSPS) is 14.7. The Morgan fingerprint density at radius 3 is 2.50 bits per heavy atom. The molecule has 1 aliphatic rings. The Morgan fingerprint density at radius 2 is 1.78 bits per heavy atom. The topological polar surface area (TPSA) is 59.8 Å². The molecule has 2 heterocycles. The van der Waals surface area contributed by atoms with Gasteiger partial charge in [0.2, 0.25) is 0 Å². The van der Waals surface area contributed by atoms with Gasteiger partial charge in [0.15, 0.2) is 10.8 Å². The summed E-state index contributed by atoms with van der Waals surface area (Å²) >= 11 is 1.22. The number of benzene rings is 1. The van der Waals surface area contributed by atoms with Crippen LogP contribution in [0.4, 0.5) is 31.5 Å². The first-order valence-corrected chi connectivity index (χ1v) is 10.5. The fraction of sp³-hybridized carbons (Fsp3) is 0.350. The summed E-state index contributed by atoms with van der Waals surface area (Å²) in [5, 5.41) is 6.13. The van der Waals surface area contributed by atoms with E-state index in [2.05, 4.69) is 15.4 Å². The van der Waals surface area contributed by atoms with Crippen molar-refractivity contribution in [2.75, 3.05) is 5.32 Å². The minimum atomic E-state index is -5.04. The van der Waals surface area contributed by atoms with Crippen molar-refractivity contribution in [3.8, 4) is 5.69 Å². The van der Waals surface area contributed by atoms with Crippen molar-refractivity contribution < 1.29 is 31.1 Å². The molecule has 0 fully saturated rings. The third kappa shape index (κ3) is 4.50. The first kappa shape index (κ1) is 22.3. The van der Waals surface area contributed by atoms with Gasteiger partial charge in [-0.2, -0.15) is 31.4 Å². The van der Waals surface area contributed by atoms with Crippen molar-refractivity contribution in [2.45, 2.75) is 44.5 Å². The summed E-state index contributed by atoms with van der Waals surface area (Å²) in [6.45, 7) is 0. The van der Waals surface area contributed by atoms with Crippen LogP contribution in [0.25, 0.3) is 5.69 Å². The predicted octanol–water partition coefficient (Wildman–Crippen LogP) is 5.89. The highest BCUT2D eigenvalue weighted by atomic mass is 32.1. The fourth-order valence-corrected chi connectivity index (χ4v) is 4.59. The molecule has 32 heavy (non-hydrogen) atoms. The van der Waals surface area contributed by atoms with E-state index >= 15 is 0 Å². The molecule has 0 radical (unpaired) electrons. The van der Waals surface area contributed by atoms with Gasteiger partial charge in [-0.15, -0.1) is 11.3 Å². The zero-order valence-corrected chi connectivity index (χ0v) is 17.2. The van der Waals surface area contributed by atoms with Crippen LogP contribution in [0.15, 0.2) is 30.5 Å². The minimum Gasteiger partial charge on any atom is -0.298 e. The zero-order chi connectivity index (χ0) is 23.1. The lowest BCUT2D eigenvalue weighted by atomic mass is 10.1. The maximum atomic E-state index is 13.8. The van der Waals surface area contributed by atoms with Crippen LogP contribution in [0.2, 0.25) is 0 Å². The molecular formula is C20H16F6N4OS. The van der Waals surface area contributed by atoms with Crippen LogP contribution < -0.4 is 5.32 Å². The fourth-order valence-electron chi connectivity index (χ4n) is 3.54. The molecule has 1 aromatic carbocycles. The highest BCUT2D eigenvalue weighted by Gasteiger charge is 2.41. The number of aryl methyl sites for hydroxylation is 2. The molecule has 0 bridgehead atoms. The van der Waals surface area contributed by atoms with Crippen molar-refractivity contribution in [3.05, 3.63) is 57.9 Å². The summed E-state index contributed by atoms with van der Waals surface area (Å²) in [4.78, 5) is 18.0. The van der Waals surface area contributed by atoms with Crippen LogP contribution in [-0.2, 0) is 25.2 Å². The summed E-state index contributed by atoms with van der Waals surface area (Å²) in [5.74, 6) is -1.08. The number of alkyl halides is 6. The second kappa shape index (κ2) is 8.23. The average molecular weight is 474 g/mol. The maximum Gasteiger partial charge on any atom is 0.434 e. The molecule has 170 valence electrons. The van der Waals surface area contributed by atoms with Gasteiger partial charge in [0.25, 0.3) is 5.91 Å². The van der Waals surface area contributed by atoms with E-state index in [1.54, 1.807) is 0 Å². The monoisotopic (exact) mass is 474 g/mol. The molecule has 5 nitrogen and oxygen atoms in total. The number of carbonyl (C=O) groups is 1. The number of nitrogens with zero attached hydrogens (tertiary/aromatic N) is 3. The van der Waals surface area contributed by atoms with Crippen LogP contribution in [0.1, 0.15) is 51.4 Å². The van der Waals surface area contributed by atoms with Crippen molar-refractivity contribution in [2.24, 2.45) is 0 Å². The van der Waals surface area contributed by atoms with Crippen LogP contribution in [0.5, 0.6) is 0 Å². The first-order valence-electron chi connectivity index (χ1n) is 9.67. The number of carbonyl (C=O) groups excluding carboxylic acids is 1. The highest BCUT2D eigenvalue weighted by molar-refractivity contribution is 7.15. The molecule has 0 unspecified atom stereocenters. The van der Waals surface area contributed by atoms with E-state index in [0.29, 0.717) is 16.9 Å². The van der Waals surface area contributed by atoms with Crippen molar-refractivity contribution >= 4 is 22.4 Å². The van der Waals surface area contributed by atoms with Crippen molar-refractivity contribution in [1.82, 2.24) is 14.8 Å². The Hall–Kier alpha value is -2.89. The van der Waals surface area contributed by atoms with Gasteiger partial charge in [0.05, 0.1) is 28.7 Å². The summed E-state index contributed by atoms with van der Waals surface area (Å²) in [7, 11) is 0. The molecule has 1 aliphatic carbocycles. The maximum absolute atomic E-state index is 13.8. The van der Waals surface area contributed by atoms with E-state index in [0.717, 1.165) is 60.9 Å². The molecule has 3 aromatic rings. The number of thiazole rings is 1. The first-order chi connectivity index (χ1) is 15.0. The largest absolute Gasteiger partial charge is 0.434 e. The standard InChI is InChI=1S/C20H16F6N4OS/c21-19(22,23)11-5-4-6-12(9-11)30-16(20(24,25)26)13(10-27-30)17(31)29-18-28-14-7-2-1-3-8-15(14)32-18/h4-6,9-10H,1-3,7-8H2,(H,28,29,31). The number of amides is 1. The van der Waals surface area contributed by atoms with Crippen LogP contribution in [0, 0.1) is 0 Å². The van der Waals surface area contributed by atoms with Crippen LogP contribution >= 0.6 is 11.3 Å². The van der Waals surface area contributed by atoms with Gasteiger partial charge in [-0.1, -0.05) is 12.5 Å². The second-order valence-electron chi connectivity index (χ2n) is 7.27. The number of nitrogens with one attached hydrogen (secondary N) is 1. The lowest BCUT2D eigenvalue weighted by Gasteiger charge is -2.14. The molecule has 0 aliphatic heterocycles. The van der Waals surface area contributed by atoms with Gasteiger partial charge in [-0.3, -0.25) is 10.1 Å². The summed E-state index contributed by atoms with van der Waals surface area (Å²) in [5.41, 5.74) is -3.03. The smallest absolute Gasteiger partial charge is 0.298 e. The number of rotatable bonds is 3. The minimum absolute atomic E-state index is 0.182. The number of fused-ring (bicyclic) bond motifs is 1. The Labute approximate surface area is 182 Å². The quantitative estimate of drug-likeness (QED) is 0.381. The SMILES string of the molecule is O=C(Nc1nc2c(s1)CCCCC2)c1cnn(-c2cccc(C(F)(F)F)c2)c1C(F)(F)F. The molecule has 0 atom stereocenters. The Balaban J connectivity index is 1.68. The lowest BCUT2D eigenvalue weighted by Crippen LogP contribution is -2.21. The highest BCUT2D eigenvalue weighted by Crippen LogP contribution is 2.36. The summed E-state index contributed by atoms with van der Waals surface area (Å²) in [6.07, 6.45) is -4.57. The molecule has 1 N–H and O–H groups in total. The zero-order valence-electron chi connectivity index (χ0n) is 16.3. The number of anilines is 1. The van der Waals surface area contributed by atoms with Gasteiger partial charge in [-0.05, 0) is 43.9 Å². The van der Waals surface area contributed by atoms with E-state index in [1.165, 1.54) is 11.3 Å².